The summed E-state index contributed by atoms with van der Waals surface area (Å²) in [6.45, 7) is 1.36. The number of nitrogens with one attached hydrogen (secondary N) is 1. The van der Waals surface area contributed by atoms with Crippen LogP contribution in [0.3, 0.4) is 0 Å². The summed E-state index contributed by atoms with van der Waals surface area (Å²) in [5.74, 6) is -0.644. The minimum atomic E-state index is -0.749. The Morgan fingerprint density at radius 3 is 3.00 bits per heavy atom. The van der Waals surface area contributed by atoms with Crippen LogP contribution < -0.4 is 5.32 Å². The van der Waals surface area contributed by atoms with Crippen molar-refractivity contribution in [1.82, 2.24) is 10.2 Å². The smallest absolute Gasteiger partial charge is 0.317 e. The topological polar surface area (TPSA) is 69.6 Å². The number of urea groups is 1. The summed E-state index contributed by atoms with van der Waals surface area (Å²) in [5.41, 5.74) is 0.334. The Morgan fingerprint density at radius 1 is 1.57 bits per heavy atom. The Balaban J connectivity index is 1.62. The van der Waals surface area contributed by atoms with E-state index in [1.807, 2.05) is 11.4 Å². The van der Waals surface area contributed by atoms with Crippen LogP contribution >= 0.6 is 27.3 Å². The number of nitrogens with zero attached hydrogens (tertiary/aromatic N) is 1. The summed E-state index contributed by atoms with van der Waals surface area (Å²) in [6.07, 6.45) is 2.55. The largest absolute Gasteiger partial charge is 0.481 e. The van der Waals surface area contributed by atoms with Crippen molar-refractivity contribution in [3.63, 3.8) is 0 Å². The van der Waals surface area contributed by atoms with E-state index < -0.39 is 11.4 Å². The highest BCUT2D eigenvalue weighted by atomic mass is 79.9. The van der Waals surface area contributed by atoms with Gasteiger partial charge in [0.05, 0.1) is 9.20 Å². The van der Waals surface area contributed by atoms with Crippen LogP contribution in [-0.2, 0) is 11.3 Å². The minimum absolute atomic E-state index is 0.105. The molecule has 2 amide bonds. The first kappa shape index (κ1) is 14.8. The van der Waals surface area contributed by atoms with Gasteiger partial charge in [-0.25, -0.2) is 4.79 Å². The van der Waals surface area contributed by atoms with E-state index in [4.69, 9.17) is 0 Å². The number of likely N-dealkylation sites (tertiary alicyclic amines) is 1. The lowest BCUT2D eigenvalue weighted by Gasteiger charge is -2.23. The SMILES string of the molecule is O=C(NCc1ccsc1Br)N1C[C@@H]2CCC[C@@]2(C(=O)O)C1. The Bertz CT molecular complexity index is 576. The van der Waals surface area contributed by atoms with Crippen molar-refractivity contribution in [1.29, 1.82) is 0 Å². The molecular formula is C14H17BrN2O3S. The van der Waals surface area contributed by atoms with Gasteiger partial charge in [-0.3, -0.25) is 4.79 Å². The Morgan fingerprint density at radius 2 is 2.38 bits per heavy atom. The zero-order valence-corrected chi connectivity index (χ0v) is 13.9. The number of amides is 2. The van der Waals surface area contributed by atoms with E-state index in [0.717, 1.165) is 22.2 Å². The van der Waals surface area contributed by atoms with Crippen molar-refractivity contribution >= 4 is 39.3 Å². The number of hydrogen-bond acceptors (Lipinski definition) is 3. The van der Waals surface area contributed by atoms with E-state index in [9.17, 15) is 14.7 Å². The lowest BCUT2D eigenvalue weighted by atomic mass is 9.81. The zero-order chi connectivity index (χ0) is 15.0. The first-order valence-corrected chi connectivity index (χ1v) is 8.68. The van der Waals surface area contributed by atoms with Gasteiger partial charge in [-0.1, -0.05) is 6.42 Å². The van der Waals surface area contributed by atoms with Gasteiger partial charge in [0.15, 0.2) is 0 Å². The highest BCUT2D eigenvalue weighted by Gasteiger charge is 2.55. The highest BCUT2D eigenvalue weighted by molar-refractivity contribution is 9.11. The van der Waals surface area contributed by atoms with Crippen LogP contribution in [-0.4, -0.2) is 35.1 Å². The molecule has 1 saturated carbocycles. The molecule has 0 bridgehead atoms. The van der Waals surface area contributed by atoms with Crippen molar-refractivity contribution in [3.8, 4) is 0 Å². The molecule has 2 heterocycles. The second-order valence-electron chi connectivity index (χ2n) is 5.81. The molecule has 114 valence electrons. The molecule has 2 N–H and O–H groups in total. The molecule has 0 unspecified atom stereocenters. The second kappa shape index (κ2) is 5.61. The van der Waals surface area contributed by atoms with Crippen molar-refractivity contribution in [2.75, 3.05) is 13.1 Å². The average Bonchev–Trinajstić information content (AvgIpc) is 3.09. The quantitative estimate of drug-likeness (QED) is 0.856. The van der Waals surface area contributed by atoms with E-state index in [1.54, 1.807) is 16.2 Å². The van der Waals surface area contributed by atoms with Crippen molar-refractivity contribution in [3.05, 3.63) is 20.8 Å². The van der Waals surface area contributed by atoms with Gasteiger partial charge in [0, 0.05) is 19.6 Å². The Hall–Kier alpha value is -1.08. The van der Waals surface area contributed by atoms with Gasteiger partial charge >= 0.3 is 12.0 Å². The summed E-state index contributed by atoms with van der Waals surface area (Å²) in [5, 5.41) is 14.4. The molecule has 1 aliphatic carbocycles. The first-order valence-electron chi connectivity index (χ1n) is 7.01. The summed E-state index contributed by atoms with van der Waals surface area (Å²) in [4.78, 5) is 25.5. The van der Waals surface area contributed by atoms with Crippen LogP contribution in [0.1, 0.15) is 24.8 Å². The van der Waals surface area contributed by atoms with Gasteiger partial charge in [0.2, 0.25) is 0 Å². The highest BCUT2D eigenvalue weighted by Crippen LogP contribution is 2.48. The molecule has 3 rings (SSSR count). The number of carboxylic acids is 1. The number of halogens is 1. The van der Waals surface area contributed by atoms with E-state index in [0.29, 0.717) is 26.1 Å². The van der Waals surface area contributed by atoms with Crippen LogP contribution in [0.5, 0.6) is 0 Å². The third-order valence-electron chi connectivity index (χ3n) is 4.71. The molecule has 1 saturated heterocycles. The van der Waals surface area contributed by atoms with Crippen molar-refractivity contribution in [2.24, 2.45) is 11.3 Å². The average molecular weight is 373 g/mol. The molecule has 0 spiro atoms. The zero-order valence-electron chi connectivity index (χ0n) is 11.5. The van der Waals surface area contributed by atoms with Gasteiger partial charge in [-0.05, 0) is 51.7 Å². The van der Waals surface area contributed by atoms with E-state index in [2.05, 4.69) is 21.2 Å². The summed E-state index contributed by atoms with van der Waals surface area (Å²) < 4.78 is 1.02. The molecule has 1 aliphatic heterocycles. The Kier molecular flexibility index (Phi) is 3.96. The number of aliphatic carboxylic acids is 1. The molecule has 2 fully saturated rings. The second-order valence-corrected chi connectivity index (χ2v) is 8.04. The third-order valence-corrected chi connectivity index (χ3v) is 6.52. The van der Waals surface area contributed by atoms with Crippen LogP contribution in [0, 0.1) is 11.3 Å². The Labute approximate surface area is 135 Å². The summed E-state index contributed by atoms with van der Waals surface area (Å²) in [6, 6.07) is 1.80. The molecular weight excluding hydrogens is 356 g/mol. The van der Waals surface area contributed by atoms with Gasteiger partial charge in [-0.15, -0.1) is 11.3 Å². The fourth-order valence-electron chi connectivity index (χ4n) is 3.52. The molecule has 0 radical (unpaired) electrons. The molecule has 2 aliphatic rings. The maximum Gasteiger partial charge on any atom is 0.317 e. The maximum absolute atomic E-state index is 12.3. The maximum atomic E-state index is 12.3. The number of carbonyl (C=O) groups excluding carboxylic acids is 1. The number of rotatable bonds is 3. The molecule has 0 aromatic carbocycles. The van der Waals surface area contributed by atoms with Crippen molar-refractivity contribution < 1.29 is 14.7 Å². The van der Waals surface area contributed by atoms with Crippen LogP contribution in [0.2, 0.25) is 0 Å². The lowest BCUT2D eigenvalue weighted by Crippen LogP contribution is -2.41. The van der Waals surface area contributed by atoms with Crippen LogP contribution in [0.4, 0.5) is 4.79 Å². The van der Waals surface area contributed by atoms with E-state index >= 15 is 0 Å². The van der Waals surface area contributed by atoms with Crippen LogP contribution in [0.25, 0.3) is 0 Å². The summed E-state index contributed by atoms with van der Waals surface area (Å²) in [7, 11) is 0. The van der Waals surface area contributed by atoms with Crippen LogP contribution in [0.15, 0.2) is 15.2 Å². The predicted molar refractivity (Wildman–Crippen MR) is 83.2 cm³/mol. The lowest BCUT2D eigenvalue weighted by molar-refractivity contribution is -0.149. The molecule has 2 atom stereocenters. The number of hydrogen-bond donors (Lipinski definition) is 2. The number of carboxylic acid groups (broad SMARTS) is 1. The molecule has 7 heteroatoms. The number of fused-ring (bicyclic) bond motifs is 1. The number of thiophene rings is 1. The molecule has 1 aromatic heterocycles. The fraction of sp³-hybridized carbons (Fsp3) is 0.571. The first-order chi connectivity index (χ1) is 10.0. The normalized spacial score (nSPS) is 27.7. The molecule has 21 heavy (non-hydrogen) atoms. The van der Waals surface area contributed by atoms with Gasteiger partial charge in [0.1, 0.15) is 0 Å². The number of carbonyl (C=O) groups is 2. The predicted octanol–water partition coefficient (Wildman–Crippen LogP) is 2.91. The monoisotopic (exact) mass is 372 g/mol. The van der Waals surface area contributed by atoms with Gasteiger partial charge in [-0.2, -0.15) is 0 Å². The molecule has 5 nitrogen and oxygen atoms in total. The van der Waals surface area contributed by atoms with Crippen molar-refractivity contribution in [2.45, 2.75) is 25.8 Å². The fourth-order valence-corrected chi connectivity index (χ4v) is 4.76. The summed E-state index contributed by atoms with van der Waals surface area (Å²) >= 11 is 5.02. The minimum Gasteiger partial charge on any atom is -0.481 e. The standard InChI is InChI=1S/C14H17BrN2O3S/c15-11-9(3-5-21-11)6-16-13(20)17-7-10-2-1-4-14(10,8-17)12(18)19/h3,5,10H,1-2,4,6-8H2,(H,16,20)(H,18,19)/t10-,14+/m0/s1. The van der Waals surface area contributed by atoms with Gasteiger partial charge < -0.3 is 15.3 Å². The molecule has 1 aromatic rings. The van der Waals surface area contributed by atoms with E-state index in [-0.39, 0.29) is 11.9 Å². The third kappa shape index (κ3) is 2.57. The van der Waals surface area contributed by atoms with E-state index in [1.165, 1.54) is 0 Å². The van der Waals surface area contributed by atoms with Gasteiger partial charge in [0.25, 0.3) is 0 Å².